The Labute approximate surface area is 135 Å². The van der Waals surface area contributed by atoms with Gasteiger partial charge < -0.3 is 0 Å². The van der Waals surface area contributed by atoms with Crippen molar-refractivity contribution >= 4 is 11.6 Å². The second-order valence-corrected chi connectivity index (χ2v) is 7.75. The molecule has 114 valence electrons. The number of hydrogen-bond donors (Lipinski definition) is 0. The molecule has 2 aromatic carbocycles. The Balaban J connectivity index is 0.000000211. The summed E-state index contributed by atoms with van der Waals surface area (Å²) in [6, 6.07) is 18.5. The van der Waals surface area contributed by atoms with Crippen molar-refractivity contribution in [3.05, 3.63) is 70.7 Å². The molecule has 0 atom stereocenters. The van der Waals surface area contributed by atoms with Crippen LogP contribution in [0.4, 0.5) is 0 Å². The van der Waals surface area contributed by atoms with Gasteiger partial charge >= 0.3 is 0 Å². The Morgan fingerprint density at radius 2 is 1.10 bits per heavy atom. The van der Waals surface area contributed by atoms with Gasteiger partial charge in [0.25, 0.3) is 0 Å². The molecule has 0 heterocycles. The van der Waals surface area contributed by atoms with Crippen LogP contribution in [0.5, 0.6) is 0 Å². The molecule has 21 heavy (non-hydrogen) atoms. The zero-order chi connectivity index (χ0) is 16.1. The molecule has 0 aromatic heterocycles. The van der Waals surface area contributed by atoms with E-state index in [1.165, 1.54) is 11.1 Å². The number of hydrogen-bond acceptors (Lipinski definition) is 0. The monoisotopic (exact) mass is 302 g/mol. The molecule has 0 aliphatic heterocycles. The zero-order valence-corrected chi connectivity index (χ0v) is 14.8. The largest absolute Gasteiger partial charge is 0.0840 e. The summed E-state index contributed by atoms with van der Waals surface area (Å²) in [4.78, 5) is 0. The molecular formula is C20H27Cl. The Morgan fingerprint density at radius 1 is 0.619 bits per heavy atom. The number of halogens is 1. The standard InChI is InChI=1S/C10H13Cl.C10H14/c1-10(2,3)8-6-4-5-7-9(8)11;1-10(2,3)9-7-5-4-6-8-9/h4-7H,1-3H3;4-8H,1-3H3. The maximum atomic E-state index is 6.01. The fraction of sp³-hybridized carbons (Fsp3) is 0.400. The maximum absolute atomic E-state index is 6.01. The molecule has 0 saturated carbocycles. The molecule has 0 radical (unpaired) electrons. The Kier molecular flexibility index (Phi) is 6.04. The summed E-state index contributed by atoms with van der Waals surface area (Å²) in [7, 11) is 0. The minimum absolute atomic E-state index is 0.151. The summed E-state index contributed by atoms with van der Waals surface area (Å²) in [6.45, 7) is 13.2. The summed E-state index contributed by atoms with van der Waals surface area (Å²) < 4.78 is 0. The predicted molar refractivity (Wildman–Crippen MR) is 95.3 cm³/mol. The van der Waals surface area contributed by atoms with Crippen LogP contribution in [0.15, 0.2) is 54.6 Å². The lowest BCUT2D eigenvalue weighted by atomic mass is 9.87. The van der Waals surface area contributed by atoms with Crippen LogP contribution in [0, 0.1) is 0 Å². The highest BCUT2D eigenvalue weighted by atomic mass is 35.5. The van der Waals surface area contributed by atoms with Crippen molar-refractivity contribution in [3.8, 4) is 0 Å². The van der Waals surface area contributed by atoms with Crippen LogP contribution >= 0.6 is 11.6 Å². The van der Waals surface area contributed by atoms with E-state index in [1.54, 1.807) is 0 Å². The first-order chi connectivity index (χ1) is 9.62. The van der Waals surface area contributed by atoms with Crippen LogP contribution in [0.3, 0.4) is 0 Å². The van der Waals surface area contributed by atoms with Gasteiger partial charge in [0.15, 0.2) is 0 Å². The van der Waals surface area contributed by atoms with Crippen molar-refractivity contribution in [1.82, 2.24) is 0 Å². The number of rotatable bonds is 0. The van der Waals surface area contributed by atoms with Gasteiger partial charge in [-0.25, -0.2) is 0 Å². The molecule has 0 bridgehead atoms. The minimum Gasteiger partial charge on any atom is -0.0840 e. The van der Waals surface area contributed by atoms with E-state index in [4.69, 9.17) is 11.6 Å². The summed E-state index contributed by atoms with van der Waals surface area (Å²) in [5, 5.41) is 0.861. The maximum Gasteiger partial charge on any atom is 0.0443 e. The lowest BCUT2D eigenvalue weighted by Crippen LogP contribution is -2.11. The zero-order valence-electron chi connectivity index (χ0n) is 14.1. The van der Waals surface area contributed by atoms with Crippen LogP contribution in [-0.2, 0) is 10.8 Å². The molecule has 0 N–H and O–H groups in total. The average molecular weight is 303 g/mol. The predicted octanol–water partition coefficient (Wildman–Crippen LogP) is 6.62. The van der Waals surface area contributed by atoms with Crippen molar-refractivity contribution in [3.63, 3.8) is 0 Å². The van der Waals surface area contributed by atoms with Crippen molar-refractivity contribution < 1.29 is 0 Å². The second kappa shape index (κ2) is 7.13. The van der Waals surface area contributed by atoms with E-state index in [2.05, 4.69) is 77.9 Å². The molecule has 0 saturated heterocycles. The van der Waals surface area contributed by atoms with E-state index in [0.717, 1.165) is 5.02 Å². The van der Waals surface area contributed by atoms with Gasteiger partial charge in [-0.15, -0.1) is 0 Å². The Morgan fingerprint density at radius 3 is 1.43 bits per heavy atom. The molecule has 0 unspecified atom stereocenters. The van der Waals surface area contributed by atoms with Gasteiger partial charge in [0, 0.05) is 5.02 Å². The van der Waals surface area contributed by atoms with E-state index in [9.17, 15) is 0 Å². The molecule has 0 fully saturated rings. The van der Waals surface area contributed by atoms with Crippen LogP contribution in [-0.4, -0.2) is 0 Å². The highest BCUT2D eigenvalue weighted by molar-refractivity contribution is 6.31. The van der Waals surface area contributed by atoms with E-state index in [1.807, 2.05) is 18.2 Å². The molecule has 1 heteroatoms. The topological polar surface area (TPSA) is 0 Å². The van der Waals surface area contributed by atoms with E-state index >= 15 is 0 Å². The summed E-state index contributed by atoms with van der Waals surface area (Å²) in [5.74, 6) is 0. The van der Waals surface area contributed by atoms with Crippen molar-refractivity contribution in [2.45, 2.75) is 52.4 Å². The summed E-state index contributed by atoms with van der Waals surface area (Å²) in [5.41, 5.74) is 3.05. The second-order valence-electron chi connectivity index (χ2n) is 7.35. The molecule has 0 aliphatic carbocycles. The fourth-order valence-corrected chi connectivity index (χ4v) is 2.43. The van der Waals surface area contributed by atoms with E-state index in [-0.39, 0.29) is 5.41 Å². The normalized spacial score (nSPS) is 11.6. The molecular weight excluding hydrogens is 276 g/mol. The summed E-state index contributed by atoms with van der Waals surface area (Å²) in [6.07, 6.45) is 0. The highest BCUT2D eigenvalue weighted by Crippen LogP contribution is 2.28. The Hall–Kier alpha value is -1.27. The van der Waals surface area contributed by atoms with Gasteiger partial charge in [0.1, 0.15) is 0 Å². The quantitative estimate of drug-likeness (QED) is 0.513. The lowest BCUT2D eigenvalue weighted by Gasteiger charge is -2.19. The van der Waals surface area contributed by atoms with Crippen LogP contribution in [0.2, 0.25) is 5.02 Å². The van der Waals surface area contributed by atoms with Crippen LogP contribution < -0.4 is 0 Å². The third-order valence-electron chi connectivity index (χ3n) is 3.32. The minimum atomic E-state index is 0.151. The molecule has 2 aromatic rings. The SMILES string of the molecule is CC(C)(C)c1ccccc1.CC(C)(C)c1ccccc1Cl. The molecule has 2 rings (SSSR count). The van der Waals surface area contributed by atoms with E-state index < -0.39 is 0 Å². The first-order valence-electron chi connectivity index (χ1n) is 7.43. The first-order valence-corrected chi connectivity index (χ1v) is 7.80. The van der Waals surface area contributed by atoms with Crippen molar-refractivity contribution in [2.75, 3.05) is 0 Å². The van der Waals surface area contributed by atoms with Gasteiger partial charge in [0.05, 0.1) is 0 Å². The fourth-order valence-electron chi connectivity index (χ4n) is 2.01. The third kappa shape index (κ3) is 5.93. The molecule has 0 spiro atoms. The first kappa shape index (κ1) is 17.8. The van der Waals surface area contributed by atoms with Gasteiger partial charge in [-0.05, 0) is 28.0 Å². The van der Waals surface area contributed by atoms with Gasteiger partial charge in [-0.2, -0.15) is 0 Å². The van der Waals surface area contributed by atoms with Gasteiger partial charge in [0.2, 0.25) is 0 Å². The number of benzene rings is 2. The molecule has 0 nitrogen and oxygen atoms in total. The van der Waals surface area contributed by atoms with Crippen LogP contribution in [0.25, 0.3) is 0 Å². The lowest BCUT2D eigenvalue weighted by molar-refractivity contribution is 0.590. The third-order valence-corrected chi connectivity index (χ3v) is 3.65. The highest BCUT2D eigenvalue weighted by Gasteiger charge is 2.15. The van der Waals surface area contributed by atoms with Gasteiger partial charge in [-0.3, -0.25) is 0 Å². The van der Waals surface area contributed by atoms with Crippen LogP contribution in [0.1, 0.15) is 52.7 Å². The average Bonchev–Trinajstić information content (AvgIpc) is 2.39. The van der Waals surface area contributed by atoms with Gasteiger partial charge in [-0.1, -0.05) is 102 Å². The Bertz CT molecular complexity index is 542. The summed E-state index contributed by atoms with van der Waals surface area (Å²) >= 11 is 6.01. The molecule has 0 amide bonds. The molecule has 0 aliphatic rings. The van der Waals surface area contributed by atoms with E-state index in [0.29, 0.717) is 5.41 Å². The smallest absolute Gasteiger partial charge is 0.0443 e. The van der Waals surface area contributed by atoms with Crippen molar-refractivity contribution in [2.24, 2.45) is 0 Å². The van der Waals surface area contributed by atoms with Crippen molar-refractivity contribution in [1.29, 1.82) is 0 Å².